The Labute approximate surface area is 180 Å². The maximum atomic E-state index is 13.5. The average molecular weight is 414 g/mol. The monoisotopic (exact) mass is 414 g/mol. The van der Waals surface area contributed by atoms with Gasteiger partial charge in [-0.3, -0.25) is 9.59 Å². The molecule has 0 spiro atoms. The van der Waals surface area contributed by atoms with Crippen LogP contribution in [0.3, 0.4) is 0 Å². The Hall–Kier alpha value is -3.48. The van der Waals surface area contributed by atoms with Crippen LogP contribution in [0.15, 0.2) is 72.8 Å². The van der Waals surface area contributed by atoms with Crippen LogP contribution in [0.5, 0.6) is 0 Å². The number of benzene rings is 3. The number of hydrogen-bond donors (Lipinski definition) is 1. The highest BCUT2D eigenvalue weighted by Gasteiger charge is 2.42. The van der Waals surface area contributed by atoms with Crippen molar-refractivity contribution in [1.82, 2.24) is 0 Å². The number of nitrogens with zero attached hydrogens (tertiary/aromatic N) is 2. The second-order valence-corrected chi connectivity index (χ2v) is 7.62. The lowest BCUT2D eigenvalue weighted by Gasteiger charge is -2.30. The molecule has 1 saturated heterocycles. The van der Waals surface area contributed by atoms with Gasteiger partial charge in [-0.2, -0.15) is 0 Å². The SMILES string of the molecule is O=C1c2c(C(O)c3ccccc3)ccc(N3CCOCC3)c2C(=O)N1c1ccccc1. The number of imide groups is 1. The van der Waals surface area contributed by atoms with Gasteiger partial charge in [0.25, 0.3) is 11.8 Å². The zero-order chi connectivity index (χ0) is 21.4. The minimum atomic E-state index is -1.01. The van der Waals surface area contributed by atoms with Crippen LogP contribution in [0.1, 0.15) is 37.9 Å². The van der Waals surface area contributed by atoms with Crippen LogP contribution in [-0.2, 0) is 4.74 Å². The molecule has 1 atom stereocenters. The van der Waals surface area contributed by atoms with E-state index in [1.54, 1.807) is 30.3 Å². The first-order valence-electron chi connectivity index (χ1n) is 10.3. The molecule has 3 aromatic rings. The van der Waals surface area contributed by atoms with Gasteiger partial charge < -0.3 is 14.7 Å². The Balaban J connectivity index is 1.67. The summed E-state index contributed by atoms with van der Waals surface area (Å²) in [6.45, 7) is 2.40. The maximum absolute atomic E-state index is 13.5. The van der Waals surface area contributed by atoms with E-state index in [2.05, 4.69) is 4.90 Å². The third-order valence-corrected chi connectivity index (χ3v) is 5.83. The lowest BCUT2D eigenvalue weighted by Crippen LogP contribution is -2.37. The number of carbonyl (C=O) groups excluding carboxylic acids is 2. The van der Waals surface area contributed by atoms with E-state index in [4.69, 9.17) is 4.74 Å². The lowest BCUT2D eigenvalue weighted by atomic mass is 9.93. The van der Waals surface area contributed by atoms with Gasteiger partial charge in [-0.05, 0) is 29.3 Å². The third-order valence-electron chi connectivity index (χ3n) is 5.83. The second-order valence-electron chi connectivity index (χ2n) is 7.62. The first kappa shape index (κ1) is 19.5. The molecule has 1 N–H and O–H groups in total. The van der Waals surface area contributed by atoms with Crippen LogP contribution in [0.2, 0.25) is 0 Å². The van der Waals surface area contributed by atoms with Crippen LogP contribution in [0, 0.1) is 0 Å². The second kappa shape index (κ2) is 7.98. The number of anilines is 2. The van der Waals surface area contributed by atoms with Crippen molar-refractivity contribution in [2.24, 2.45) is 0 Å². The summed E-state index contributed by atoms with van der Waals surface area (Å²) in [6, 6.07) is 21.7. The van der Waals surface area contributed by atoms with Crippen molar-refractivity contribution in [3.8, 4) is 0 Å². The Morgan fingerprint density at radius 1 is 0.774 bits per heavy atom. The van der Waals surface area contributed by atoms with Gasteiger partial charge in [0.05, 0.1) is 35.7 Å². The molecule has 3 aromatic carbocycles. The molecule has 6 heteroatoms. The molecule has 2 amide bonds. The number of amides is 2. The van der Waals surface area contributed by atoms with Crippen LogP contribution in [0.25, 0.3) is 0 Å². The predicted molar refractivity (Wildman–Crippen MR) is 118 cm³/mol. The summed E-state index contributed by atoms with van der Waals surface area (Å²) in [5, 5.41) is 11.1. The summed E-state index contributed by atoms with van der Waals surface area (Å²) in [5.41, 5.74) is 2.95. The highest BCUT2D eigenvalue weighted by atomic mass is 16.5. The highest BCUT2D eigenvalue weighted by molar-refractivity contribution is 6.36. The molecule has 6 nitrogen and oxygen atoms in total. The van der Waals surface area contributed by atoms with Gasteiger partial charge in [0.15, 0.2) is 0 Å². The van der Waals surface area contributed by atoms with Crippen LogP contribution in [-0.4, -0.2) is 43.2 Å². The van der Waals surface area contributed by atoms with Crippen molar-refractivity contribution in [1.29, 1.82) is 0 Å². The normalized spacial score (nSPS) is 17.1. The highest BCUT2D eigenvalue weighted by Crippen LogP contribution is 2.40. The number of aliphatic hydroxyl groups excluding tert-OH is 1. The van der Waals surface area contributed by atoms with E-state index in [1.165, 1.54) is 4.90 Å². The molecule has 5 rings (SSSR count). The van der Waals surface area contributed by atoms with Crippen molar-refractivity contribution in [2.45, 2.75) is 6.10 Å². The average Bonchev–Trinajstić information content (AvgIpc) is 3.10. The molecule has 1 unspecified atom stereocenters. The first-order valence-corrected chi connectivity index (χ1v) is 10.3. The summed E-state index contributed by atoms with van der Waals surface area (Å²) >= 11 is 0. The van der Waals surface area contributed by atoms with Gasteiger partial charge in [-0.15, -0.1) is 0 Å². The molecule has 0 bridgehead atoms. The molecule has 0 aromatic heterocycles. The van der Waals surface area contributed by atoms with Crippen molar-refractivity contribution in [2.75, 3.05) is 36.1 Å². The first-order chi connectivity index (χ1) is 15.2. The van der Waals surface area contributed by atoms with Crippen LogP contribution >= 0.6 is 0 Å². The topological polar surface area (TPSA) is 70.1 Å². The quantitative estimate of drug-likeness (QED) is 0.663. The fourth-order valence-electron chi connectivity index (χ4n) is 4.29. The van der Waals surface area contributed by atoms with E-state index in [9.17, 15) is 14.7 Å². The molecule has 2 heterocycles. The molecule has 31 heavy (non-hydrogen) atoms. The molecule has 0 saturated carbocycles. The molecule has 2 aliphatic rings. The van der Waals surface area contributed by atoms with Crippen molar-refractivity contribution in [3.63, 3.8) is 0 Å². The molecule has 0 radical (unpaired) electrons. The number of morpholine rings is 1. The summed E-state index contributed by atoms with van der Waals surface area (Å²) in [4.78, 5) is 30.4. The Bertz CT molecular complexity index is 1130. The standard InChI is InChI=1S/C25H22N2O4/c28-23(17-7-3-1-4-8-17)19-11-12-20(26-13-15-31-16-14-26)22-21(19)24(29)27(25(22)30)18-9-5-2-6-10-18/h1-12,23,28H,13-16H2. The number of carbonyl (C=O) groups is 2. The van der Waals surface area contributed by atoms with Crippen LogP contribution < -0.4 is 9.80 Å². The molecule has 1 fully saturated rings. The minimum Gasteiger partial charge on any atom is -0.384 e. The number of ether oxygens (including phenoxy) is 1. The number of rotatable bonds is 4. The summed E-state index contributed by atoms with van der Waals surface area (Å²) in [7, 11) is 0. The predicted octanol–water partition coefficient (Wildman–Crippen LogP) is 3.41. The van der Waals surface area contributed by atoms with E-state index in [-0.39, 0.29) is 11.5 Å². The molecule has 2 aliphatic heterocycles. The number of fused-ring (bicyclic) bond motifs is 1. The summed E-state index contributed by atoms with van der Waals surface area (Å²) < 4.78 is 5.45. The number of para-hydroxylation sites is 1. The van der Waals surface area contributed by atoms with Gasteiger partial charge in [0.2, 0.25) is 0 Å². The van der Waals surface area contributed by atoms with Gasteiger partial charge in [-0.1, -0.05) is 54.6 Å². The molecule has 156 valence electrons. The lowest BCUT2D eigenvalue weighted by molar-refractivity contribution is 0.0924. The Morgan fingerprint density at radius 3 is 2.06 bits per heavy atom. The minimum absolute atomic E-state index is 0.272. The summed E-state index contributed by atoms with van der Waals surface area (Å²) in [6.07, 6.45) is -1.01. The number of aliphatic hydroxyl groups is 1. The maximum Gasteiger partial charge on any atom is 0.268 e. The van der Waals surface area contributed by atoms with Crippen molar-refractivity contribution in [3.05, 3.63) is 95.1 Å². The van der Waals surface area contributed by atoms with Crippen LogP contribution in [0.4, 0.5) is 11.4 Å². The van der Waals surface area contributed by atoms with E-state index < -0.39 is 12.0 Å². The number of hydrogen-bond acceptors (Lipinski definition) is 5. The van der Waals surface area contributed by atoms with Crippen molar-refractivity contribution >= 4 is 23.2 Å². The van der Waals surface area contributed by atoms with E-state index in [0.29, 0.717) is 54.4 Å². The van der Waals surface area contributed by atoms with E-state index >= 15 is 0 Å². The fourth-order valence-corrected chi connectivity index (χ4v) is 4.29. The fraction of sp³-hybridized carbons (Fsp3) is 0.200. The molecule has 0 aliphatic carbocycles. The zero-order valence-corrected chi connectivity index (χ0v) is 16.9. The summed E-state index contributed by atoms with van der Waals surface area (Å²) in [5.74, 6) is -0.777. The van der Waals surface area contributed by atoms with E-state index in [1.807, 2.05) is 42.5 Å². The molecular formula is C25H22N2O4. The van der Waals surface area contributed by atoms with Gasteiger partial charge in [-0.25, -0.2) is 4.90 Å². The van der Waals surface area contributed by atoms with Gasteiger partial charge >= 0.3 is 0 Å². The third kappa shape index (κ3) is 3.30. The van der Waals surface area contributed by atoms with Gasteiger partial charge in [0.1, 0.15) is 6.10 Å². The smallest absolute Gasteiger partial charge is 0.268 e. The van der Waals surface area contributed by atoms with E-state index in [0.717, 1.165) is 0 Å². The van der Waals surface area contributed by atoms with Crippen molar-refractivity contribution < 1.29 is 19.4 Å². The van der Waals surface area contributed by atoms with Gasteiger partial charge in [0, 0.05) is 13.1 Å². The Morgan fingerprint density at radius 2 is 1.39 bits per heavy atom. The molecular weight excluding hydrogens is 392 g/mol. The Kier molecular flexibility index (Phi) is 5.02. The largest absolute Gasteiger partial charge is 0.384 e. The zero-order valence-electron chi connectivity index (χ0n) is 16.9.